The summed E-state index contributed by atoms with van der Waals surface area (Å²) in [6, 6.07) is 24.3. The Bertz CT molecular complexity index is 1740. The summed E-state index contributed by atoms with van der Waals surface area (Å²) in [4.78, 5) is 42.7. The van der Waals surface area contributed by atoms with Crippen molar-refractivity contribution >= 4 is 28.8 Å². The smallest absolute Gasteiger partial charge is 0.351 e. The first kappa shape index (κ1) is 22.8. The minimum absolute atomic E-state index is 0.191. The lowest BCUT2D eigenvalue weighted by atomic mass is 10.2. The third-order valence-electron chi connectivity index (χ3n) is 5.84. The monoisotopic (exact) mass is 479 g/mol. The molecule has 8 heteroatoms. The lowest BCUT2D eigenvalue weighted by molar-refractivity contribution is 0.0730. The third-order valence-corrected chi connectivity index (χ3v) is 5.84. The topological polar surface area (TPSA) is 95.8 Å². The number of aromatic nitrogens is 2. The van der Waals surface area contributed by atoms with Crippen LogP contribution in [0.4, 0.5) is 5.69 Å². The second-order valence-electron chi connectivity index (χ2n) is 8.08. The fourth-order valence-electron chi connectivity index (χ4n) is 3.88. The highest BCUT2D eigenvalue weighted by Crippen LogP contribution is 2.21. The van der Waals surface area contributed by atoms with Crippen molar-refractivity contribution in [3.63, 3.8) is 0 Å². The van der Waals surface area contributed by atoms with Gasteiger partial charge in [-0.15, -0.1) is 0 Å². The molecule has 0 aliphatic heterocycles. The predicted octanol–water partition coefficient (Wildman–Crippen LogP) is 4.56. The van der Waals surface area contributed by atoms with Crippen molar-refractivity contribution in [3.05, 3.63) is 123 Å². The number of fused-ring (bicyclic) bond motifs is 1. The van der Waals surface area contributed by atoms with Gasteiger partial charge in [0.25, 0.3) is 5.56 Å². The first-order valence-electron chi connectivity index (χ1n) is 11.2. The van der Waals surface area contributed by atoms with Crippen molar-refractivity contribution in [1.82, 2.24) is 9.36 Å². The number of carbonyl (C=O) groups excluding carboxylic acids is 1. The van der Waals surface area contributed by atoms with Crippen molar-refractivity contribution in [2.45, 2.75) is 6.92 Å². The number of hydrogen-bond donors (Lipinski definition) is 0. The first-order chi connectivity index (χ1) is 17.4. The van der Waals surface area contributed by atoms with Crippen molar-refractivity contribution in [2.24, 2.45) is 12.0 Å². The largest absolute Gasteiger partial charge is 0.422 e. The maximum atomic E-state index is 13.1. The molecule has 2 aromatic heterocycles. The Kier molecular flexibility index (Phi) is 5.92. The molecule has 0 saturated carbocycles. The zero-order valence-electron chi connectivity index (χ0n) is 19.5. The van der Waals surface area contributed by atoms with Crippen molar-refractivity contribution < 1.29 is 13.9 Å². The second kappa shape index (κ2) is 9.34. The van der Waals surface area contributed by atoms with Crippen LogP contribution in [0, 0.1) is 6.92 Å². The van der Waals surface area contributed by atoms with E-state index >= 15 is 0 Å². The average Bonchev–Trinajstić information content (AvgIpc) is 3.10. The molecule has 0 N–H and O–H groups in total. The lowest BCUT2D eigenvalue weighted by Crippen LogP contribution is -2.19. The highest BCUT2D eigenvalue weighted by atomic mass is 16.5. The lowest BCUT2D eigenvalue weighted by Gasteiger charge is -2.07. The molecule has 0 saturated heterocycles. The Morgan fingerprint density at radius 1 is 0.944 bits per heavy atom. The van der Waals surface area contributed by atoms with Crippen LogP contribution in [0.25, 0.3) is 16.7 Å². The quantitative estimate of drug-likeness (QED) is 0.159. The Balaban J connectivity index is 1.47. The molecule has 5 aromatic rings. The summed E-state index contributed by atoms with van der Waals surface area (Å²) < 4.78 is 14.0. The van der Waals surface area contributed by atoms with E-state index in [0.717, 1.165) is 5.69 Å². The van der Waals surface area contributed by atoms with Crippen LogP contribution in [0.5, 0.6) is 5.75 Å². The van der Waals surface area contributed by atoms with Gasteiger partial charge in [-0.3, -0.25) is 9.48 Å². The number of benzene rings is 3. The van der Waals surface area contributed by atoms with Gasteiger partial charge in [-0.1, -0.05) is 48.5 Å². The molecule has 0 radical (unpaired) electrons. The first-order valence-corrected chi connectivity index (χ1v) is 11.2. The second-order valence-corrected chi connectivity index (χ2v) is 8.08. The summed E-state index contributed by atoms with van der Waals surface area (Å²) in [5.74, 6) is -0.659. The number of hydrogen-bond acceptors (Lipinski definition) is 6. The van der Waals surface area contributed by atoms with Crippen LogP contribution in [0.2, 0.25) is 0 Å². The summed E-state index contributed by atoms with van der Waals surface area (Å²) in [7, 11) is 1.79. The van der Waals surface area contributed by atoms with Crippen molar-refractivity contribution in [2.75, 3.05) is 0 Å². The van der Waals surface area contributed by atoms with Crippen LogP contribution in [0.1, 0.15) is 21.6 Å². The van der Waals surface area contributed by atoms with Gasteiger partial charge in [0.05, 0.1) is 11.4 Å². The van der Waals surface area contributed by atoms with Gasteiger partial charge in [0.2, 0.25) is 0 Å². The molecule has 8 nitrogen and oxygen atoms in total. The molecule has 5 rings (SSSR count). The molecule has 178 valence electrons. The SMILES string of the molecule is Cc1c(N=Cc2ccccc2OC(=O)c2cc3ccccc3oc2=O)c(=O)n(-c2ccccc2)n1C. The van der Waals surface area contributed by atoms with E-state index in [9.17, 15) is 14.4 Å². The molecule has 0 atom stereocenters. The van der Waals surface area contributed by atoms with Crippen LogP contribution < -0.4 is 15.9 Å². The van der Waals surface area contributed by atoms with E-state index in [1.165, 1.54) is 17.0 Å². The standard InChI is InChI=1S/C28H21N3O5/c1-18-25(26(32)31(30(18)2)21-12-4-3-5-13-21)29-17-20-11-7-9-15-24(20)36-28(34)22-16-19-10-6-8-14-23(19)35-27(22)33/h3-17H,1-2H3. The zero-order valence-corrected chi connectivity index (χ0v) is 19.5. The molecule has 0 aliphatic carbocycles. The van der Waals surface area contributed by atoms with Crippen LogP contribution >= 0.6 is 0 Å². The molecule has 3 aromatic carbocycles. The highest BCUT2D eigenvalue weighted by molar-refractivity contribution is 5.95. The van der Waals surface area contributed by atoms with Crippen molar-refractivity contribution in [3.8, 4) is 11.4 Å². The van der Waals surface area contributed by atoms with E-state index < -0.39 is 11.6 Å². The molecular weight excluding hydrogens is 458 g/mol. The fourth-order valence-corrected chi connectivity index (χ4v) is 3.88. The van der Waals surface area contributed by atoms with Crippen LogP contribution in [-0.2, 0) is 7.05 Å². The minimum Gasteiger partial charge on any atom is -0.422 e. The van der Waals surface area contributed by atoms with E-state index in [1.54, 1.807) is 67.2 Å². The van der Waals surface area contributed by atoms with E-state index in [1.807, 2.05) is 30.3 Å². The maximum Gasteiger partial charge on any atom is 0.351 e. The molecule has 2 heterocycles. The summed E-state index contributed by atoms with van der Waals surface area (Å²) in [5, 5.41) is 0.605. The normalized spacial score (nSPS) is 11.3. The number of carbonyl (C=O) groups is 1. The number of aliphatic imine (C=N–C) groups is 1. The molecule has 0 aliphatic rings. The highest BCUT2D eigenvalue weighted by Gasteiger charge is 2.18. The molecule has 0 unspecified atom stereocenters. The van der Waals surface area contributed by atoms with E-state index in [2.05, 4.69) is 4.99 Å². The van der Waals surface area contributed by atoms with Gasteiger partial charge in [-0.05, 0) is 43.3 Å². The van der Waals surface area contributed by atoms with Crippen LogP contribution in [0.15, 0.2) is 104 Å². The molecular formula is C28H21N3O5. The molecule has 0 spiro atoms. The Morgan fingerprint density at radius 2 is 1.64 bits per heavy atom. The summed E-state index contributed by atoms with van der Waals surface area (Å²) >= 11 is 0. The summed E-state index contributed by atoms with van der Waals surface area (Å²) in [6.45, 7) is 1.80. The Hall–Kier alpha value is -4.98. The van der Waals surface area contributed by atoms with Gasteiger partial charge < -0.3 is 9.15 Å². The van der Waals surface area contributed by atoms with Gasteiger partial charge in [0, 0.05) is 24.2 Å². The average molecular weight is 479 g/mol. The number of rotatable bonds is 5. The molecule has 36 heavy (non-hydrogen) atoms. The van der Waals surface area contributed by atoms with Gasteiger partial charge in [-0.25, -0.2) is 19.3 Å². The van der Waals surface area contributed by atoms with E-state index in [4.69, 9.17) is 9.15 Å². The Labute approximate surface area is 205 Å². The number of para-hydroxylation sites is 3. The summed E-state index contributed by atoms with van der Waals surface area (Å²) in [5.41, 5.74) is 1.21. The molecule has 0 bridgehead atoms. The van der Waals surface area contributed by atoms with Gasteiger partial charge >= 0.3 is 11.6 Å². The number of esters is 1. The van der Waals surface area contributed by atoms with Gasteiger partial charge in [-0.2, -0.15) is 0 Å². The summed E-state index contributed by atoms with van der Waals surface area (Å²) in [6.07, 6.45) is 1.46. The van der Waals surface area contributed by atoms with Crippen LogP contribution in [0.3, 0.4) is 0 Å². The predicted molar refractivity (Wildman–Crippen MR) is 137 cm³/mol. The number of nitrogens with zero attached hydrogens (tertiary/aromatic N) is 3. The van der Waals surface area contributed by atoms with E-state index in [0.29, 0.717) is 22.2 Å². The van der Waals surface area contributed by atoms with Crippen LogP contribution in [-0.4, -0.2) is 21.5 Å². The van der Waals surface area contributed by atoms with Gasteiger partial charge in [0.15, 0.2) is 5.69 Å². The fraction of sp³-hybridized carbons (Fsp3) is 0.0714. The minimum atomic E-state index is -0.849. The van der Waals surface area contributed by atoms with Crippen molar-refractivity contribution in [1.29, 1.82) is 0 Å². The van der Waals surface area contributed by atoms with E-state index in [-0.39, 0.29) is 22.6 Å². The Morgan fingerprint density at radius 3 is 2.44 bits per heavy atom. The zero-order chi connectivity index (χ0) is 25.2. The maximum absolute atomic E-state index is 13.1. The van der Waals surface area contributed by atoms with Gasteiger partial charge in [0.1, 0.15) is 16.9 Å². The third kappa shape index (κ3) is 4.16. The molecule has 0 fully saturated rings. The number of ether oxygens (including phenoxy) is 1. The molecule has 0 amide bonds.